The fourth-order valence-electron chi connectivity index (χ4n) is 2.33. The minimum Gasteiger partial charge on any atom is -0.462 e. The predicted molar refractivity (Wildman–Crippen MR) is 72.2 cm³/mol. The zero-order valence-electron chi connectivity index (χ0n) is 11.2. The lowest BCUT2D eigenvalue weighted by Crippen LogP contribution is -2.37. The lowest BCUT2D eigenvalue weighted by atomic mass is 9.99. The van der Waals surface area contributed by atoms with Crippen molar-refractivity contribution in [3.8, 4) is 0 Å². The van der Waals surface area contributed by atoms with Crippen molar-refractivity contribution in [1.82, 2.24) is 4.98 Å². The van der Waals surface area contributed by atoms with E-state index in [1.807, 2.05) is 6.07 Å². The number of anilines is 1. The van der Waals surface area contributed by atoms with Gasteiger partial charge in [0.2, 0.25) is 0 Å². The number of aromatic nitrogens is 1. The molecule has 0 bridgehead atoms. The van der Waals surface area contributed by atoms with E-state index in [1.165, 1.54) is 0 Å². The van der Waals surface area contributed by atoms with Gasteiger partial charge in [-0.25, -0.2) is 9.78 Å². The number of aliphatic hydroxyl groups is 1. The van der Waals surface area contributed by atoms with E-state index in [9.17, 15) is 9.90 Å². The molecule has 104 valence electrons. The molecule has 1 aromatic heterocycles. The fraction of sp³-hybridized carbons (Fsp3) is 0.571. The van der Waals surface area contributed by atoms with Gasteiger partial charge in [-0.2, -0.15) is 0 Å². The summed E-state index contributed by atoms with van der Waals surface area (Å²) in [5.74, 6) is 0.833. The van der Waals surface area contributed by atoms with Crippen molar-refractivity contribution in [3.05, 3.63) is 23.9 Å². The quantitative estimate of drug-likeness (QED) is 0.834. The van der Waals surface area contributed by atoms with Gasteiger partial charge in [-0.3, -0.25) is 0 Å². The summed E-state index contributed by atoms with van der Waals surface area (Å²) in [6.07, 6.45) is 3.68. The summed E-state index contributed by atoms with van der Waals surface area (Å²) in [5.41, 5.74) is 0.473. The maximum absolute atomic E-state index is 11.5. The molecular weight excluding hydrogens is 244 g/mol. The van der Waals surface area contributed by atoms with Crippen molar-refractivity contribution in [2.24, 2.45) is 5.92 Å². The second kappa shape index (κ2) is 6.52. The smallest absolute Gasteiger partial charge is 0.339 e. The summed E-state index contributed by atoms with van der Waals surface area (Å²) in [6.45, 7) is 4.13. The number of aliphatic hydroxyl groups excluding tert-OH is 1. The Hall–Kier alpha value is -1.62. The van der Waals surface area contributed by atoms with Gasteiger partial charge in [0.15, 0.2) is 0 Å². The van der Waals surface area contributed by atoms with Crippen LogP contribution in [0.25, 0.3) is 0 Å². The fourth-order valence-corrected chi connectivity index (χ4v) is 2.33. The number of ether oxygens (including phenoxy) is 1. The standard InChI is InChI=1S/C14H20N2O3/c1-2-19-14(18)12-5-6-13(15-8-12)16-7-3-4-11(9-16)10-17/h5-6,8,11,17H,2-4,7,9-10H2,1H3. The average molecular weight is 264 g/mol. The first-order valence-corrected chi connectivity index (χ1v) is 6.73. The second-order valence-electron chi connectivity index (χ2n) is 4.76. The van der Waals surface area contributed by atoms with Gasteiger partial charge >= 0.3 is 5.97 Å². The van der Waals surface area contributed by atoms with E-state index < -0.39 is 0 Å². The third-order valence-corrected chi connectivity index (χ3v) is 3.36. The summed E-state index contributed by atoms with van der Waals surface area (Å²) in [5, 5.41) is 9.22. The van der Waals surface area contributed by atoms with Crippen molar-refractivity contribution in [2.45, 2.75) is 19.8 Å². The Balaban J connectivity index is 2.03. The van der Waals surface area contributed by atoms with Gasteiger partial charge in [0.1, 0.15) is 5.82 Å². The molecule has 1 aromatic rings. The third kappa shape index (κ3) is 3.44. The van der Waals surface area contributed by atoms with Gasteiger partial charge in [-0.05, 0) is 37.8 Å². The topological polar surface area (TPSA) is 62.7 Å². The highest BCUT2D eigenvalue weighted by Crippen LogP contribution is 2.21. The van der Waals surface area contributed by atoms with Gasteiger partial charge in [0.05, 0.1) is 12.2 Å². The minimum atomic E-state index is -0.339. The molecule has 1 N–H and O–H groups in total. The molecule has 0 amide bonds. The van der Waals surface area contributed by atoms with Crippen LogP contribution in [0.3, 0.4) is 0 Å². The number of hydrogen-bond donors (Lipinski definition) is 1. The lowest BCUT2D eigenvalue weighted by molar-refractivity contribution is 0.0526. The number of piperidine rings is 1. The van der Waals surface area contributed by atoms with Gasteiger partial charge < -0.3 is 14.7 Å². The molecule has 2 heterocycles. The highest BCUT2D eigenvalue weighted by molar-refractivity contribution is 5.89. The summed E-state index contributed by atoms with van der Waals surface area (Å²) in [7, 11) is 0. The number of carbonyl (C=O) groups is 1. The normalized spacial score (nSPS) is 19.3. The summed E-state index contributed by atoms with van der Waals surface area (Å²) >= 11 is 0. The predicted octanol–water partition coefficient (Wildman–Crippen LogP) is 1.47. The third-order valence-electron chi connectivity index (χ3n) is 3.36. The highest BCUT2D eigenvalue weighted by atomic mass is 16.5. The van der Waals surface area contributed by atoms with E-state index in [4.69, 9.17) is 4.74 Å². The molecule has 0 spiro atoms. The van der Waals surface area contributed by atoms with Crippen LogP contribution in [0.5, 0.6) is 0 Å². The molecule has 5 nitrogen and oxygen atoms in total. The van der Waals surface area contributed by atoms with Gasteiger partial charge in [-0.1, -0.05) is 0 Å². The van der Waals surface area contributed by atoms with Crippen molar-refractivity contribution in [1.29, 1.82) is 0 Å². The zero-order valence-corrected chi connectivity index (χ0v) is 11.2. The number of hydrogen-bond acceptors (Lipinski definition) is 5. The molecule has 1 fully saturated rings. The van der Waals surface area contributed by atoms with E-state index in [1.54, 1.807) is 19.2 Å². The van der Waals surface area contributed by atoms with Crippen LogP contribution in [0.2, 0.25) is 0 Å². The van der Waals surface area contributed by atoms with E-state index >= 15 is 0 Å². The Morgan fingerprint density at radius 3 is 3.05 bits per heavy atom. The Morgan fingerprint density at radius 1 is 1.58 bits per heavy atom. The monoisotopic (exact) mass is 264 g/mol. The molecule has 19 heavy (non-hydrogen) atoms. The molecule has 0 saturated carbocycles. The van der Waals surface area contributed by atoms with Crippen LogP contribution in [0.4, 0.5) is 5.82 Å². The van der Waals surface area contributed by atoms with Crippen LogP contribution >= 0.6 is 0 Å². The van der Waals surface area contributed by atoms with E-state index in [0.29, 0.717) is 18.1 Å². The van der Waals surface area contributed by atoms with Crippen LogP contribution in [-0.2, 0) is 4.74 Å². The Bertz CT molecular complexity index is 419. The summed E-state index contributed by atoms with van der Waals surface area (Å²) in [6, 6.07) is 3.58. The van der Waals surface area contributed by atoms with Gasteiger partial charge in [-0.15, -0.1) is 0 Å². The average Bonchev–Trinajstić information content (AvgIpc) is 2.48. The number of esters is 1. The van der Waals surface area contributed by atoms with Gasteiger partial charge in [0, 0.05) is 25.9 Å². The molecule has 5 heteroatoms. The summed E-state index contributed by atoms with van der Waals surface area (Å²) in [4.78, 5) is 18.0. The molecule has 1 aliphatic rings. The molecule has 1 unspecified atom stereocenters. The lowest BCUT2D eigenvalue weighted by Gasteiger charge is -2.32. The first-order chi connectivity index (χ1) is 9.24. The number of carbonyl (C=O) groups excluding carboxylic acids is 1. The first kappa shape index (κ1) is 13.8. The Morgan fingerprint density at radius 2 is 2.42 bits per heavy atom. The Labute approximate surface area is 113 Å². The van der Waals surface area contributed by atoms with Crippen LogP contribution in [-0.4, -0.2) is 42.4 Å². The van der Waals surface area contributed by atoms with Crippen molar-refractivity contribution in [3.63, 3.8) is 0 Å². The zero-order chi connectivity index (χ0) is 13.7. The SMILES string of the molecule is CCOC(=O)c1ccc(N2CCCC(CO)C2)nc1. The maximum Gasteiger partial charge on any atom is 0.339 e. The van der Waals surface area contributed by atoms with Crippen LogP contribution in [0, 0.1) is 5.92 Å². The molecule has 0 radical (unpaired) electrons. The van der Waals surface area contributed by atoms with Crippen molar-refractivity contribution in [2.75, 3.05) is 31.2 Å². The highest BCUT2D eigenvalue weighted by Gasteiger charge is 2.20. The van der Waals surface area contributed by atoms with Crippen molar-refractivity contribution >= 4 is 11.8 Å². The molecule has 0 aliphatic carbocycles. The minimum absolute atomic E-state index is 0.220. The molecule has 2 rings (SSSR count). The number of rotatable bonds is 4. The molecular formula is C14H20N2O3. The molecule has 1 aliphatic heterocycles. The molecule has 1 saturated heterocycles. The van der Waals surface area contributed by atoms with Crippen LogP contribution in [0.15, 0.2) is 18.3 Å². The Kier molecular flexibility index (Phi) is 4.74. The molecule has 0 aromatic carbocycles. The van der Waals surface area contributed by atoms with E-state index in [2.05, 4.69) is 9.88 Å². The maximum atomic E-state index is 11.5. The molecule has 1 atom stereocenters. The van der Waals surface area contributed by atoms with Crippen LogP contribution < -0.4 is 4.90 Å². The van der Waals surface area contributed by atoms with Crippen LogP contribution in [0.1, 0.15) is 30.1 Å². The second-order valence-corrected chi connectivity index (χ2v) is 4.76. The van der Waals surface area contributed by atoms with Crippen molar-refractivity contribution < 1.29 is 14.6 Å². The largest absolute Gasteiger partial charge is 0.462 e. The number of nitrogens with zero attached hydrogens (tertiary/aromatic N) is 2. The number of pyridine rings is 1. The first-order valence-electron chi connectivity index (χ1n) is 6.73. The van der Waals surface area contributed by atoms with E-state index in [0.717, 1.165) is 31.7 Å². The van der Waals surface area contributed by atoms with Gasteiger partial charge in [0.25, 0.3) is 0 Å². The summed E-state index contributed by atoms with van der Waals surface area (Å²) < 4.78 is 4.92. The van der Waals surface area contributed by atoms with E-state index in [-0.39, 0.29) is 12.6 Å².